The molecule has 0 aromatic heterocycles. The highest BCUT2D eigenvalue weighted by molar-refractivity contribution is 5.96. The smallest absolute Gasteiger partial charge is 0.346 e. The van der Waals surface area contributed by atoms with Gasteiger partial charge < -0.3 is 16.0 Å². The van der Waals surface area contributed by atoms with Crippen molar-refractivity contribution in [3.8, 4) is 0 Å². The number of carbonyl (C=O) groups is 3. The fraction of sp³-hybridized carbons (Fsp3) is 0.348. The van der Waals surface area contributed by atoms with E-state index in [9.17, 15) is 27.6 Å². The third-order valence-corrected chi connectivity index (χ3v) is 4.72. The lowest BCUT2D eigenvalue weighted by molar-refractivity contribution is -0.137. The number of hydrogen-bond acceptors (Lipinski definition) is 4. The average Bonchev–Trinajstić information content (AvgIpc) is 2.68. The summed E-state index contributed by atoms with van der Waals surface area (Å²) in [5.74, 6) is -1.61. The molecule has 0 saturated heterocycles. The largest absolute Gasteiger partial charge is 0.418 e. The molecule has 0 unspecified atom stereocenters. The number of nitrogens with zero attached hydrogens (tertiary/aromatic N) is 1. The Kier molecular flexibility index (Phi) is 8.58. The van der Waals surface area contributed by atoms with Crippen LogP contribution in [0.25, 0.3) is 0 Å². The lowest BCUT2D eigenvalue weighted by Crippen LogP contribution is -2.41. The predicted octanol–water partition coefficient (Wildman–Crippen LogP) is 3.26. The van der Waals surface area contributed by atoms with Gasteiger partial charge in [0.1, 0.15) is 0 Å². The molecule has 2 aromatic carbocycles. The molecule has 2 rings (SSSR count). The van der Waals surface area contributed by atoms with Gasteiger partial charge in [0, 0.05) is 5.69 Å². The second-order valence-electron chi connectivity index (χ2n) is 7.86. The highest BCUT2D eigenvalue weighted by atomic mass is 19.4. The van der Waals surface area contributed by atoms with Crippen LogP contribution in [0.15, 0.2) is 36.4 Å². The van der Waals surface area contributed by atoms with E-state index >= 15 is 0 Å². The van der Waals surface area contributed by atoms with Crippen molar-refractivity contribution in [2.45, 2.75) is 26.9 Å². The van der Waals surface area contributed by atoms with Crippen molar-refractivity contribution in [1.29, 1.82) is 0 Å². The molecule has 0 aliphatic carbocycles. The molecule has 3 amide bonds. The minimum atomic E-state index is -4.61. The van der Waals surface area contributed by atoms with Crippen LogP contribution in [-0.2, 0) is 20.6 Å². The minimum absolute atomic E-state index is 0.218. The zero-order chi connectivity index (χ0) is 24.8. The third kappa shape index (κ3) is 7.90. The van der Waals surface area contributed by atoms with Crippen molar-refractivity contribution in [1.82, 2.24) is 10.2 Å². The quantitative estimate of drug-likeness (QED) is 0.560. The molecule has 0 saturated carbocycles. The molecular weight excluding hydrogens is 437 g/mol. The van der Waals surface area contributed by atoms with Gasteiger partial charge in [-0.1, -0.05) is 29.8 Å². The van der Waals surface area contributed by atoms with Gasteiger partial charge in [-0.25, -0.2) is 0 Å². The Morgan fingerprint density at radius 3 is 2.06 bits per heavy atom. The number of carbonyl (C=O) groups excluding carboxylic acids is 3. The number of benzene rings is 2. The maximum atomic E-state index is 13.0. The Bertz CT molecular complexity index is 1010. The van der Waals surface area contributed by atoms with E-state index in [1.165, 1.54) is 24.1 Å². The molecule has 0 fully saturated rings. The van der Waals surface area contributed by atoms with Crippen LogP contribution >= 0.6 is 0 Å². The summed E-state index contributed by atoms with van der Waals surface area (Å²) < 4.78 is 39.1. The highest BCUT2D eigenvalue weighted by Crippen LogP contribution is 2.34. The van der Waals surface area contributed by atoms with Crippen LogP contribution in [0, 0.1) is 20.8 Å². The Hall–Kier alpha value is -3.40. The zero-order valence-electron chi connectivity index (χ0n) is 18.9. The Labute approximate surface area is 190 Å². The number of nitrogens with one attached hydrogen (secondary N) is 3. The summed E-state index contributed by atoms with van der Waals surface area (Å²) in [5, 5.41) is 7.45. The Morgan fingerprint density at radius 1 is 0.879 bits per heavy atom. The highest BCUT2D eigenvalue weighted by Gasteiger charge is 2.33. The van der Waals surface area contributed by atoms with Crippen molar-refractivity contribution in [3.63, 3.8) is 0 Å². The van der Waals surface area contributed by atoms with Gasteiger partial charge in [-0.15, -0.1) is 0 Å². The van der Waals surface area contributed by atoms with Gasteiger partial charge in [0.05, 0.1) is 30.9 Å². The number of rotatable bonds is 8. The van der Waals surface area contributed by atoms with Crippen LogP contribution < -0.4 is 16.0 Å². The average molecular weight is 464 g/mol. The fourth-order valence-corrected chi connectivity index (χ4v) is 3.37. The molecule has 10 heteroatoms. The Morgan fingerprint density at radius 2 is 1.45 bits per heavy atom. The summed E-state index contributed by atoms with van der Waals surface area (Å²) in [6.45, 7) is 4.92. The lowest BCUT2D eigenvalue weighted by Gasteiger charge is -2.18. The molecule has 7 nitrogen and oxygen atoms in total. The Balaban J connectivity index is 1.82. The van der Waals surface area contributed by atoms with E-state index in [0.29, 0.717) is 5.69 Å². The molecule has 2 aromatic rings. The van der Waals surface area contributed by atoms with Gasteiger partial charge >= 0.3 is 6.18 Å². The molecule has 0 heterocycles. The summed E-state index contributed by atoms with van der Waals surface area (Å²) in [7, 11) is 1.47. The van der Waals surface area contributed by atoms with Crippen LogP contribution in [0.5, 0.6) is 0 Å². The van der Waals surface area contributed by atoms with Crippen molar-refractivity contribution in [2.24, 2.45) is 0 Å². The summed E-state index contributed by atoms with van der Waals surface area (Å²) >= 11 is 0. The summed E-state index contributed by atoms with van der Waals surface area (Å²) in [6.07, 6.45) is -4.61. The molecule has 0 aliphatic rings. The molecule has 3 N–H and O–H groups in total. The molecule has 0 radical (unpaired) electrons. The second kappa shape index (κ2) is 11.0. The van der Waals surface area contributed by atoms with Crippen LogP contribution in [0.2, 0.25) is 0 Å². The number of amides is 3. The second-order valence-corrected chi connectivity index (χ2v) is 7.86. The number of likely N-dealkylation sites (N-methyl/N-ethyl adjacent to an activating group) is 1. The van der Waals surface area contributed by atoms with Crippen molar-refractivity contribution >= 4 is 29.1 Å². The summed E-state index contributed by atoms with van der Waals surface area (Å²) in [4.78, 5) is 37.7. The number of aryl methyl sites for hydroxylation is 3. The van der Waals surface area contributed by atoms with E-state index in [1.807, 2.05) is 32.9 Å². The molecule has 0 atom stereocenters. The van der Waals surface area contributed by atoms with E-state index in [-0.39, 0.29) is 25.3 Å². The molecule has 178 valence electrons. The number of hydrogen-bond donors (Lipinski definition) is 3. The first-order valence-corrected chi connectivity index (χ1v) is 10.2. The van der Waals surface area contributed by atoms with E-state index in [2.05, 4.69) is 16.0 Å². The minimum Gasteiger partial charge on any atom is -0.346 e. The zero-order valence-corrected chi connectivity index (χ0v) is 18.9. The lowest BCUT2D eigenvalue weighted by atomic mass is 10.1. The first-order valence-electron chi connectivity index (χ1n) is 10.2. The van der Waals surface area contributed by atoms with Crippen LogP contribution in [-0.4, -0.2) is 49.3 Å². The molecule has 0 spiro atoms. The molecule has 0 aliphatic heterocycles. The fourth-order valence-electron chi connectivity index (χ4n) is 3.37. The summed E-state index contributed by atoms with van der Waals surface area (Å²) in [6, 6.07) is 8.52. The monoisotopic (exact) mass is 464 g/mol. The number of alkyl halides is 3. The van der Waals surface area contributed by atoms with Gasteiger partial charge in [0.2, 0.25) is 17.7 Å². The van der Waals surface area contributed by atoms with Gasteiger partial charge in [-0.05, 0) is 51.1 Å². The van der Waals surface area contributed by atoms with Crippen LogP contribution in [0.3, 0.4) is 0 Å². The topological polar surface area (TPSA) is 90.5 Å². The van der Waals surface area contributed by atoms with E-state index < -0.39 is 29.5 Å². The first kappa shape index (κ1) is 25.9. The predicted molar refractivity (Wildman–Crippen MR) is 120 cm³/mol. The standard InChI is InChI=1S/C23H27F3N4O3/c1-14-9-15(2)22(16(3)10-14)29-19(31)11-27-20(32)12-30(4)13-21(33)28-18-8-6-5-7-17(18)23(24,25)26/h5-10H,11-13H2,1-4H3,(H,27,32)(H,28,33)(H,29,31). The van der Waals surface area contributed by atoms with Gasteiger partial charge in [0.15, 0.2) is 0 Å². The van der Waals surface area contributed by atoms with E-state index in [0.717, 1.165) is 28.8 Å². The number of halogens is 3. The first-order chi connectivity index (χ1) is 15.4. The maximum absolute atomic E-state index is 13.0. The molecular formula is C23H27F3N4O3. The third-order valence-electron chi connectivity index (χ3n) is 4.72. The van der Waals surface area contributed by atoms with Gasteiger partial charge in [0.25, 0.3) is 0 Å². The van der Waals surface area contributed by atoms with E-state index in [4.69, 9.17) is 0 Å². The van der Waals surface area contributed by atoms with Crippen molar-refractivity contribution in [3.05, 3.63) is 58.7 Å². The van der Waals surface area contributed by atoms with Gasteiger partial charge in [-0.2, -0.15) is 13.2 Å². The van der Waals surface area contributed by atoms with Crippen LogP contribution in [0.4, 0.5) is 24.5 Å². The number of para-hydroxylation sites is 1. The molecule has 33 heavy (non-hydrogen) atoms. The van der Waals surface area contributed by atoms with Crippen molar-refractivity contribution < 1.29 is 27.6 Å². The molecule has 0 bridgehead atoms. The van der Waals surface area contributed by atoms with E-state index in [1.54, 1.807) is 0 Å². The van der Waals surface area contributed by atoms with Crippen LogP contribution in [0.1, 0.15) is 22.3 Å². The SMILES string of the molecule is Cc1cc(C)c(NC(=O)CNC(=O)CN(C)CC(=O)Nc2ccccc2C(F)(F)F)c(C)c1. The van der Waals surface area contributed by atoms with Crippen molar-refractivity contribution in [2.75, 3.05) is 37.3 Å². The maximum Gasteiger partial charge on any atom is 0.418 e. The van der Waals surface area contributed by atoms with Gasteiger partial charge in [-0.3, -0.25) is 19.3 Å². The summed E-state index contributed by atoms with van der Waals surface area (Å²) in [5.41, 5.74) is 2.27. The number of anilines is 2. The normalized spacial score (nSPS) is 11.3.